The molecule has 1 heterocycles. The van der Waals surface area contributed by atoms with Gasteiger partial charge in [-0.3, -0.25) is 4.79 Å². The molecule has 0 aliphatic rings. The highest BCUT2D eigenvalue weighted by atomic mass is 35.5. The topological polar surface area (TPSA) is 104 Å². The van der Waals surface area contributed by atoms with Gasteiger partial charge in [0.2, 0.25) is 6.61 Å². The van der Waals surface area contributed by atoms with Crippen molar-refractivity contribution in [1.82, 2.24) is 4.98 Å². The van der Waals surface area contributed by atoms with Crippen molar-refractivity contribution in [2.75, 3.05) is 19.5 Å². The second-order valence-electron chi connectivity index (χ2n) is 2.63. The Hall–Kier alpha value is -1.67. The largest absolute Gasteiger partial charge is 0.466 e. The number of thiazole rings is 1. The highest BCUT2D eigenvalue weighted by molar-refractivity contribution is 7.13. The van der Waals surface area contributed by atoms with Crippen LogP contribution >= 0.6 is 22.9 Å². The summed E-state index contributed by atoms with van der Waals surface area (Å²) in [7, 11) is 1.20. The fourth-order valence-electron chi connectivity index (χ4n) is 0.788. The average Bonchev–Trinajstić information content (AvgIpc) is 2.70. The van der Waals surface area contributed by atoms with Crippen molar-refractivity contribution in [2.45, 2.75) is 0 Å². The number of carbonyl (C=O) groups excluding carboxylic acids is 2. The van der Waals surface area contributed by atoms with Crippen LogP contribution < -0.4 is 5.73 Å². The molecule has 0 saturated heterocycles. The van der Waals surface area contributed by atoms with Gasteiger partial charge in [-0.1, -0.05) is 5.16 Å². The number of aromatic nitrogens is 1. The molecule has 2 N–H and O–H groups in total. The number of nitrogen functional groups attached to an aromatic ring is 1. The third kappa shape index (κ3) is 4.00. The van der Waals surface area contributed by atoms with E-state index in [0.717, 1.165) is 11.3 Å². The number of methoxy groups -OCH3 is 1. The van der Waals surface area contributed by atoms with E-state index in [9.17, 15) is 9.59 Å². The lowest BCUT2D eigenvalue weighted by molar-refractivity contribution is -0.145. The van der Waals surface area contributed by atoms with Gasteiger partial charge < -0.3 is 15.3 Å². The average molecular weight is 278 g/mol. The molecule has 0 bridgehead atoms. The van der Waals surface area contributed by atoms with E-state index in [-0.39, 0.29) is 16.5 Å². The van der Waals surface area contributed by atoms with Gasteiger partial charge in [-0.15, -0.1) is 11.3 Å². The number of halogens is 1. The predicted molar refractivity (Wildman–Crippen MR) is 61.9 cm³/mol. The minimum Gasteiger partial charge on any atom is -0.466 e. The molecular weight excluding hydrogens is 270 g/mol. The molecule has 0 atom stereocenters. The molecule has 92 valence electrons. The molecule has 0 spiro atoms. The summed E-state index contributed by atoms with van der Waals surface area (Å²) in [5, 5.41) is 4.32. The van der Waals surface area contributed by atoms with E-state index < -0.39 is 17.8 Å². The molecule has 17 heavy (non-hydrogen) atoms. The number of esters is 1. The van der Waals surface area contributed by atoms with Gasteiger partial charge in [0, 0.05) is 5.38 Å². The van der Waals surface area contributed by atoms with Gasteiger partial charge >= 0.3 is 5.97 Å². The van der Waals surface area contributed by atoms with Crippen LogP contribution in [-0.2, 0) is 19.2 Å². The summed E-state index contributed by atoms with van der Waals surface area (Å²) in [6.45, 7) is -0.427. The number of hydrogen-bond acceptors (Lipinski definition) is 8. The van der Waals surface area contributed by atoms with Crippen molar-refractivity contribution < 1.29 is 19.2 Å². The van der Waals surface area contributed by atoms with E-state index in [0.29, 0.717) is 0 Å². The molecule has 0 aliphatic heterocycles. The van der Waals surface area contributed by atoms with Gasteiger partial charge in [0.1, 0.15) is 5.69 Å². The van der Waals surface area contributed by atoms with Gasteiger partial charge in [0.05, 0.1) is 7.11 Å². The Balaban J connectivity index is 2.76. The van der Waals surface area contributed by atoms with Crippen molar-refractivity contribution in [3.05, 3.63) is 11.1 Å². The number of nitrogens with zero attached hydrogens (tertiary/aromatic N) is 2. The zero-order chi connectivity index (χ0) is 12.8. The number of ether oxygens (including phenoxy) is 1. The zero-order valence-corrected chi connectivity index (χ0v) is 10.2. The molecule has 0 unspecified atom stereocenters. The number of anilines is 1. The molecule has 9 heteroatoms. The number of rotatable bonds is 5. The summed E-state index contributed by atoms with van der Waals surface area (Å²) >= 11 is 6.42. The highest BCUT2D eigenvalue weighted by Crippen LogP contribution is 2.13. The molecule has 0 aliphatic carbocycles. The number of carbonyl (C=O) groups is 2. The highest BCUT2D eigenvalue weighted by Gasteiger charge is 2.16. The third-order valence-electron chi connectivity index (χ3n) is 1.52. The Morgan fingerprint density at radius 2 is 2.35 bits per heavy atom. The van der Waals surface area contributed by atoms with E-state index in [1.54, 1.807) is 0 Å². The Morgan fingerprint density at radius 3 is 2.82 bits per heavy atom. The first-order valence-corrected chi connectivity index (χ1v) is 5.48. The van der Waals surface area contributed by atoms with Gasteiger partial charge in [0.15, 0.2) is 10.8 Å². The first-order chi connectivity index (χ1) is 8.04. The van der Waals surface area contributed by atoms with Crippen molar-refractivity contribution in [3.8, 4) is 0 Å². The Bertz CT molecular complexity index is 459. The van der Waals surface area contributed by atoms with Crippen LogP contribution in [0.15, 0.2) is 10.5 Å². The van der Waals surface area contributed by atoms with Gasteiger partial charge in [-0.25, -0.2) is 9.78 Å². The van der Waals surface area contributed by atoms with Gasteiger partial charge in [-0.2, -0.15) is 0 Å². The van der Waals surface area contributed by atoms with Crippen molar-refractivity contribution >= 4 is 45.0 Å². The minimum absolute atomic E-state index is 0.192. The lowest BCUT2D eigenvalue weighted by atomic mass is 10.3. The predicted octanol–water partition coefficient (Wildman–Crippen LogP) is 0.384. The second kappa shape index (κ2) is 6.16. The van der Waals surface area contributed by atoms with Crippen molar-refractivity contribution in [2.24, 2.45) is 5.16 Å². The Kier molecular flexibility index (Phi) is 4.85. The van der Waals surface area contributed by atoms with Crippen LogP contribution in [0.2, 0.25) is 0 Å². The first kappa shape index (κ1) is 13.4. The molecule has 0 radical (unpaired) electrons. The lowest BCUT2D eigenvalue weighted by Gasteiger charge is -1.99. The summed E-state index contributed by atoms with van der Waals surface area (Å²) in [5.41, 5.74) is 5.37. The normalized spacial score (nSPS) is 11.1. The zero-order valence-electron chi connectivity index (χ0n) is 8.68. The maximum absolute atomic E-state index is 11.1. The van der Waals surface area contributed by atoms with Crippen LogP contribution in [0.1, 0.15) is 5.69 Å². The van der Waals surface area contributed by atoms with E-state index in [1.807, 2.05) is 0 Å². The van der Waals surface area contributed by atoms with Gasteiger partial charge in [-0.05, 0) is 11.6 Å². The maximum Gasteiger partial charge on any atom is 0.346 e. The van der Waals surface area contributed by atoms with Crippen LogP contribution in [0, 0.1) is 0 Å². The molecule has 0 fully saturated rings. The number of hydrogen-bond donors (Lipinski definition) is 1. The van der Waals surface area contributed by atoms with Gasteiger partial charge in [0.25, 0.3) is 5.24 Å². The monoisotopic (exact) mass is 277 g/mol. The SMILES string of the molecule is COC(=O)CO/N=C(\C(=O)Cl)c1csc(N)n1. The lowest BCUT2D eigenvalue weighted by Crippen LogP contribution is -2.13. The summed E-state index contributed by atoms with van der Waals surface area (Å²) < 4.78 is 4.32. The molecule has 1 aromatic heterocycles. The fraction of sp³-hybridized carbons (Fsp3) is 0.250. The summed E-state index contributed by atoms with van der Waals surface area (Å²) in [6.07, 6.45) is 0. The summed E-state index contributed by atoms with van der Waals surface area (Å²) in [5.74, 6) is -0.632. The molecule has 0 amide bonds. The molecule has 1 aromatic rings. The fourth-order valence-corrected chi connectivity index (χ4v) is 1.47. The van der Waals surface area contributed by atoms with Crippen molar-refractivity contribution in [1.29, 1.82) is 0 Å². The van der Waals surface area contributed by atoms with Crippen LogP contribution in [0.25, 0.3) is 0 Å². The van der Waals surface area contributed by atoms with Crippen molar-refractivity contribution in [3.63, 3.8) is 0 Å². The number of oxime groups is 1. The van der Waals surface area contributed by atoms with Crippen LogP contribution in [0.3, 0.4) is 0 Å². The Labute approximate surface area is 105 Å². The third-order valence-corrected chi connectivity index (χ3v) is 2.37. The van der Waals surface area contributed by atoms with E-state index in [4.69, 9.17) is 17.3 Å². The smallest absolute Gasteiger partial charge is 0.346 e. The van der Waals surface area contributed by atoms with Crippen LogP contribution in [0.5, 0.6) is 0 Å². The van der Waals surface area contributed by atoms with E-state index in [1.165, 1.54) is 12.5 Å². The summed E-state index contributed by atoms with van der Waals surface area (Å²) in [4.78, 5) is 30.2. The molecule has 7 nitrogen and oxygen atoms in total. The summed E-state index contributed by atoms with van der Waals surface area (Å²) in [6, 6.07) is 0. The van der Waals surface area contributed by atoms with E-state index in [2.05, 4.69) is 19.7 Å². The standard InChI is InChI=1S/C8H8ClN3O4S/c1-15-5(13)2-16-12-6(7(9)14)4-3-17-8(10)11-4/h3H,2H2,1H3,(H2,10,11)/b12-6-. The molecule has 0 aromatic carbocycles. The second-order valence-corrected chi connectivity index (χ2v) is 3.87. The molecule has 0 saturated carbocycles. The quantitative estimate of drug-likeness (QED) is 0.361. The maximum atomic E-state index is 11.1. The molecule has 1 rings (SSSR count). The van der Waals surface area contributed by atoms with E-state index >= 15 is 0 Å². The van der Waals surface area contributed by atoms with Crippen LogP contribution in [-0.4, -0.2) is 35.6 Å². The first-order valence-electron chi connectivity index (χ1n) is 4.22. The number of nitrogens with two attached hydrogens (primary N) is 1. The molecular formula is C8H8ClN3O4S. The minimum atomic E-state index is -0.861. The van der Waals surface area contributed by atoms with Crippen LogP contribution in [0.4, 0.5) is 5.13 Å². The Morgan fingerprint density at radius 1 is 1.65 bits per heavy atom.